The molecular weight excluding hydrogens is 667 g/mol. The summed E-state index contributed by atoms with van der Waals surface area (Å²) in [7, 11) is 3.79. The van der Waals surface area contributed by atoms with E-state index in [-0.39, 0.29) is 18.3 Å². The molecule has 1 aliphatic rings. The number of aliphatic imine (C=N–C) groups is 1. The molecule has 9 nitrogen and oxygen atoms in total. The summed E-state index contributed by atoms with van der Waals surface area (Å²) in [5.74, 6) is -0.00262. The summed E-state index contributed by atoms with van der Waals surface area (Å²) in [6.45, 7) is 16.3. The lowest BCUT2D eigenvalue weighted by molar-refractivity contribution is -0.137. The van der Waals surface area contributed by atoms with E-state index >= 15 is 0 Å². The molecule has 52 heavy (non-hydrogen) atoms. The topological polar surface area (TPSA) is 92.3 Å². The van der Waals surface area contributed by atoms with Gasteiger partial charge in [-0.1, -0.05) is 36.4 Å². The number of allylic oxidation sites excluding steroid dienone is 2. The molecule has 2 amide bonds. The fourth-order valence-electron chi connectivity index (χ4n) is 5.67. The lowest BCUT2D eigenvalue weighted by atomic mass is 10.1. The van der Waals surface area contributed by atoms with E-state index in [0.717, 1.165) is 68.1 Å². The van der Waals surface area contributed by atoms with Gasteiger partial charge in [0.2, 0.25) is 6.41 Å². The number of anilines is 3. The highest BCUT2D eigenvalue weighted by Gasteiger charge is 2.31. The average molecular weight is 720 g/mol. The molecule has 0 radical (unpaired) electrons. The number of nitrogens with zero attached hydrogens (tertiary/aromatic N) is 4. The Morgan fingerprint density at radius 2 is 1.73 bits per heavy atom. The number of halogens is 3. The molecule has 1 atom stereocenters. The van der Waals surface area contributed by atoms with Crippen LogP contribution in [0.5, 0.6) is 0 Å². The Morgan fingerprint density at radius 3 is 2.37 bits per heavy atom. The molecule has 1 fully saturated rings. The van der Waals surface area contributed by atoms with E-state index in [1.165, 1.54) is 22.6 Å². The van der Waals surface area contributed by atoms with E-state index < -0.39 is 17.6 Å². The molecule has 0 saturated carbocycles. The zero-order valence-corrected chi connectivity index (χ0v) is 31.1. The van der Waals surface area contributed by atoms with Crippen LogP contribution in [-0.2, 0) is 17.4 Å². The van der Waals surface area contributed by atoms with Crippen molar-refractivity contribution in [3.63, 3.8) is 0 Å². The van der Waals surface area contributed by atoms with E-state index in [4.69, 9.17) is 4.99 Å². The first-order chi connectivity index (χ1) is 24.8. The van der Waals surface area contributed by atoms with Crippen molar-refractivity contribution >= 4 is 35.2 Å². The molecule has 3 aromatic rings. The van der Waals surface area contributed by atoms with Gasteiger partial charge in [0.15, 0.2) is 0 Å². The Kier molecular flexibility index (Phi) is 16.1. The second-order valence-corrected chi connectivity index (χ2v) is 12.7. The summed E-state index contributed by atoms with van der Waals surface area (Å²) in [6, 6.07) is 17.6. The molecule has 0 aliphatic carbocycles. The maximum absolute atomic E-state index is 13.2. The summed E-state index contributed by atoms with van der Waals surface area (Å²) < 4.78 is 39.6. The molecule has 3 aromatic carbocycles. The lowest BCUT2D eigenvalue weighted by Crippen LogP contribution is -2.44. The molecule has 1 heterocycles. The SMILES string of the molecule is C/C=C(CN(C=O)c1cc(NC(=O)c2cccc(C(F)(F)F)c2)ccc1C)\C(=N/C(C)Nc1cccc(CCN2CCNCC2)c1)N(C)C.C=CC. The normalized spacial score (nSPS) is 14.4. The average Bonchev–Trinajstić information content (AvgIpc) is 3.12. The standard InChI is InChI=1S/C37H46F3N7O2.C3H6/c1-6-29(35(45(4)5)43-27(3)42-32-12-7-9-28(21-32)15-18-46-19-16-41-17-20-46)24-47(25-48)34-23-33(14-13-26(34)2)44-36(49)30-10-8-11-31(22-30)37(38,39)40;1-3-2/h6-14,21-23,25,27,41-42H,15-20,24H2,1-5H3,(H,44,49);3H,1H2,2H3/b29-6-,43-35+;. The Labute approximate surface area is 306 Å². The Hall–Kier alpha value is -4.94. The van der Waals surface area contributed by atoms with Crippen molar-refractivity contribution < 1.29 is 22.8 Å². The third kappa shape index (κ3) is 12.7. The third-order valence-electron chi connectivity index (χ3n) is 8.30. The van der Waals surface area contributed by atoms with Gasteiger partial charge in [-0.3, -0.25) is 9.59 Å². The van der Waals surface area contributed by atoms with Crippen LogP contribution in [0.25, 0.3) is 0 Å². The number of amidine groups is 1. The van der Waals surface area contributed by atoms with Crippen LogP contribution in [0.4, 0.5) is 30.2 Å². The summed E-state index contributed by atoms with van der Waals surface area (Å²) in [5, 5.41) is 9.54. The fourth-order valence-corrected chi connectivity index (χ4v) is 5.67. The van der Waals surface area contributed by atoms with E-state index in [2.05, 4.69) is 45.6 Å². The number of carbonyl (C=O) groups excluding carboxylic acids is 2. The number of nitrogens with one attached hydrogen (secondary N) is 3. The Balaban J connectivity index is 0.00000235. The summed E-state index contributed by atoms with van der Waals surface area (Å²) in [5.41, 5.74) is 3.65. The second kappa shape index (κ2) is 20.2. The minimum atomic E-state index is -4.57. The third-order valence-corrected chi connectivity index (χ3v) is 8.30. The number of benzene rings is 3. The van der Waals surface area contributed by atoms with Crippen LogP contribution in [0.2, 0.25) is 0 Å². The lowest BCUT2D eigenvalue weighted by Gasteiger charge is -2.27. The van der Waals surface area contributed by atoms with Crippen molar-refractivity contribution in [3.8, 4) is 0 Å². The minimum absolute atomic E-state index is 0.128. The largest absolute Gasteiger partial charge is 0.416 e. The van der Waals surface area contributed by atoms with Gasteiger partial charge in [0.25, 0.3) is 5.91 Å². The molecule has 280 valence electrons. The van der Waals surface area contributed by atoms with Gasteiger partial charge in [-0.15, -0.1) is 6.58 Å². The summed E-state index contributed by atoms with van der Waals surface area (Å²) >= 11 is 0. The molecule has 1 saturated heterocycles. The Morgan fingerprint density at radius 1 is 1.04 bits per heavy atom. The van der Waals surface area contributed by atoms with Crippen molar-refractivity contribution in [2.24, 2.45) is 4.99 Å². The van der Waals surface area contributed by atoms with Crippen LogP contribution in [0.15, 0.2) is 96.0 Å². The molecular formula is C40H52F3N7O2. The zero-order valence-electron chi connectivity index (χ0n) is 31.1. The highest BCUT2D eigenvalue weighted by Crippen LogP contribution is 2.30. The molecule has 4 rings (SSSR count). The predicted octanol–water partition coefficient (Wildman–Crippen LogP) is 7.23. The fraction of sp³-hybridized carbons (Fsp3) is 0.375. The molecule has 12 heteroatoms. The van der Waals surface area contributed by atoms with Crippen LogP contribution in [-0.4, -0.2) is 87.5 Å². The van der Waals surface area contributed by atoms with E-state index in [0.29, 0.717) is 23.6 Å². The molecule has 0 bridgehead atoms. The van der Waals surface area contributed by atoms with Gasteiger partial charge in [0.05, 0.1) is 12.1 Å². The number of aryl methyl sites for hydroxylation is 1. The van der Waals surface area contributed by atoms with E-state index in [1.807, 2.05) is 58.8 Å². The first-order valence-corrected chi connectivity index (χ1v) is 17.4. The van der Waals surface area contributed by atoms with Crippen molar-refractivity contribution in [1.82, 2.24) is 15.1 Å². The molecule has 1 aliphatic heterocycles. The van der Waals surface area contributed by atoms with Crippen LogP contribution in [0.3, 0.4) is 0 Å². The zero-order chi connectivity index (χ0) is 38.3. The number of alkyl halides is 3. The summed E-state index contributed by atoms with van der Waals surface area (Å²) in [4.78, 5) is 36.2. The second-order valence-electron chi connectivity index (χ2n) is 12.7. The Bertz CT molecular complexity index is 1700. The highest BCUT2D eigenvalue weighted by atomic mass is 19.4. The van der Waals surface area contributed by atoms with E-state index in [9.17, 15) is 22.8 Å². The van der Waals surface area contributed by atoms with E-state index in [1.54, 1.807) is 24.3 Å². The highest BCUT2D eigenvalue weighted by molar-refractivity contribution is 6.05. The maximum Gasteiger partial charge on any atom is 0.416 e. The first-order valence-electron chi connectivity index (χ1n) is 17.4. The van der Waals surface area contributed by atoms with Gasteiger partial charge in [0.1, 0.15) is 12.0 Å². The van der Waals surface area contributed by atoms with Crippen LogP contribution in [0, 0.1) is 6.92 Å². The first kappa shape index (κ1) is 41.5. The van der Waals surface area contributed by atoms with Crippen LogP contribution in [0.1, 0.15) is 47.8 Å². The molecule has 0 spiro atoms. The van der Waals surface area contributed by atoms with Crippen molar-refractivity contribution in [1.29, 1.82) is 0 Å². The number of carbonyl (C=O) groups is 2. The van der Waals surface area contributed by atoms with Crippen molar-refractivity contribution in [2.45, 2.75) is 46.5 Å². The minimum Gasteiger partial charge on any atom is -0.364 e. The number of amides is 2. The van der Waals surface area contributed by atoms with Gasteiger partial charge < -0.3 is 30.7 Å². The van der Waals surface area contributed by atoms with Crippen LogP contribution >= 0.6 is 0 Å². The predicted molar refractivity (Wildman–Crippen MR) is 207 cm³/mol. The number of hydrogen-bond acceptors (Lipinski definition) is 6. The quantitative estimate of drug-likeness (QED) is 0.0748. The number of hydrogen-bond donors (Lipinski definition) is 3. The van der Waals surface area contributed by atoms with Crippen LogP contribution < -0.4 is 20.9 Å². The summed E-state index contributed by atoms with van der Waals surface area (Å²) in [6.07, 6.45) is 0.492. The number of likely N-dealkylation sites (N-methyl/N-ethyl adjacent to an activating group) is 1. The molecule has 1 unspecified atom stereocenters. The van der Waals surface area contributed by atoms with Gasteiger partial charge in [-0.2, -0.15) is 13.2 Å². The van der Waals surface area contributed by atoms with Gasteiger partial charge in [0, 0.05) is 75.0 Å². The van der Waals surface area contributed by atoms with Gasteiger partial charge in [-0.05, 0) is 87.7 Å². The number of rotatable bonds is 13. The maximum atomic E-state index is 13.2. The van der Waals surface area contributed by atoms with Gasteiger partial charge in [-0.25, -0.2) is 4.99 Å². The monoisotopic (exact) mass is 719 g/mol. The van der Waals surface area contributed by atoms with Crippen molar-refractivity contribution in [3.05, 3.63) is 113 Å². The smallest absolute Gasteiger partial charge is 0.364 e. The van der Waals surface area contributed by atoms with Gasteiger partial charge >= 0.3 is 6.18 Å². The van der Waals surface area contributed by atoms with Crippen molar-refractivity contribution in [2.75, 3.05) is 68.9 Å². The molecule has 0 aromatic heterocycles. The molecule has 3 N–H and O–H groups in total. The number of piperazine rings is 1.